The summed E-state index contributed by atoms with van der Waals surface area (Å²) in [6.45, 7) is 0. The molecule has 0 bridgehead atoms. The molecule has 0 heterocycles. The molecule has 0 spiro atoms. The van der Waals surface area contributed by atoms with Gasteiger partial charge < -0.3 is 19.1 Å². The molecule has 7 nitrogen and oxygen atoms in total. The summed E-state index contributed by atoms with van der Waals surface area (Å²) in [7, 11) is 0.825. The van der Waals surface area contributed by atoms with Crippen LogP contribution in [0.5, 0.6) is 0 Å². The highest BCUT2D eigenvalue weighted by Gasteiger charge is 2.31. The predicted molar refractivity (Wildman–Crippen MR) is 92.4 cm³/mol. The van der Waals surface area contributed by atoms with Crippen molar-refractivity contribution in [2.75, 3.05) is 21.3 Å². The highest BCUT2D eigenvalue weighted by Crippen LogP contribution is 2.49. The molecule has 1 N–H and O–H groups in total. The lowest BCUT2D eigenvalue weighted by atomic mass is 10.1. The maximum Gasteiger partial charge on any atom is 0.334 e. The van der Waals surface area contributed by atoms with Gasteiger partial charge in [-0.3, -0.25) is 9.36 Å². The normalized spacial score (nSPS) is 15.5. The zero-order valence-corrected chi connectivity index (χ0v) is 15.6. The van der Waals surface area contributed by atoms with Gasteiger partial charge in [0.05, 0.1) is 13.3 Å². The number of carbonyl (C=O) groups excluding carboxylic acids is 2. The van der Waals surface area contributed by atoms with Crippen molar-refractivity contribution in [3.05, 3.63) is 35.4 Å². The second-order valence-corrected chi connectivity index (χ2v) is 8.33. The molecule has 0 aromatic heterocycles. The molecule has 25 heavy (non-hydrogen) atoms. The van der Waals surface area contributed by atoms with Gasteiger partial charge in [0.25, 0.3) is 5.91 Å². The van der Waals surface area contributed by atoms with Crippen molar-refractivity contribution in [3.8, 4) is 0 Å². The fraction of sp³-hybridized carbons (Fsp3) is 0.529. The van der Waals surface area contributed by atoms with Crippen LogP contribution in [0.25, 0.3) is 0 Å². The number of hydrogen-bond donors (Lipinski definition) is 1. The lowest BCUT2D eigenvalue weighted by molar-refractivity contribution is -0.143. The van der Waals surface area contributed by atoms with Gasteiger partial charge in [-0.05, 0) is 30.0 Å². The summed E-state index contributed by atoms with van der Waals surface area (Å²) in [5, 5.41) is 2.73. The van der Waals surface area contributed by atoms with Crippen LogP contribution in [0.4, 0.5) is 0 Å². The summed E-state index contributed by atoms with van der Waals surface area (Å²) in [4.78, 5) is 24.2. The van der Waals surface area contributed by atoms with Gasteiger partial charge in [-0.15, -0.1) is 0 Å². The summed E-state index contributed by atoms with van der Waals surface area (Å²) in [5.41, 5.74) is 1.14. The molecule has 1 aromatic rings. The summed E-state index contributed by atoms with van der Waals surface area (Å²) in [5.74, 6) is -0.300. The van der Waals surface area contributed by atoms with Crippen LogP contribution >= 0.6 is 7.60 Å². The van der Waals surface area contributed by atoms with Crippen molar-refractivity contribution in [1.82, 2.24) is 5.32 Å². The highest BCUT2D eigenvalue weighted by atomic mass is 31.2. The van der Waals surface area contributed by atoms with Crippen molar-refractivity contribution in [2.24, 2.45) is 5.92 Å². The first-order valence-electron chi connectivity index (χ1n) is 8.09. The third kappa shape index (κ3) is 5.66. The van der Waals surface area contributed by atoms with Crippen molar-refractivity contribution in [1.29, 1.82) is 0 Å². The van der Waals surface area contributed by atoms with E-state index in [2.05, 4.69) is 5.32 Å². The average Bonchev–Trinajstić information content (AvgIpc) is 3.45. The van der Waals surface area contributed by atoms with Crippen molar-refractivity contribution < 1.29 is 27.9 Å². The summed E-state index contributed by atoms with van der Waals surface area (Å²) in [6, 6.07) is 5.98. The number of methoxy groups -OCH3 is 1. The molecule has 138 valence electrons. The minimum atomic E-state index is -3.15. The number of benzene rings is 1. The van der Waals surface area contributed by atoms with Gasteiger partial charge >= 0.3 is 13.6 Å². The second-order valence-electron chi connectivity index (χ2n) is 6.06. The van der Waals surface area contributed by atoms with Crippen LogP contribution in [0.1, 0.15) is 35.2 Å². The van der Waals surface area contributed by atoms with Gasteiger partial charge in [0.1, 0.15) is 6.04 Å². The Bertz CT molecular complexity index is 648. The zero-order valence-electron chi connectivity index (χ0n) is 14.7. The van der Waals surface area contributed by atoms with Gasteiger partial charge in [-0.25, -0.2) is 4.79 Å². The number of ether oxygens (including phenoxy) is 1. The fourth-order valence-corrected chi connectivity index (χ4v) is 3.54. The first kappa shape index (κ1) is 19.6. The summed E-state index contributed by atoms with van der Waals surface area (Å²) < 4.78 is 26.7. The Morgan fingerprint density at radius 3 is 2.24 bits per heavy atom. The lowest BCUT2D eigenvalue weighted by Crippen LogP contribution is -2.41. The summed E-state index contributed by atoms with van der Waals surface area (Å²) >= 11 is 0. The van der Waals surface area contributed by atoms with Crippen molar-refractivity contribution in [2.45, 2.75) is 31.5 Å². The van der Waals surface area contributed by atoms with E-state index in [0.29, 0.717) is 17.9 Å². The predicted octanol–water partition coefficient (Wildman–Crippen LogP) is 2.74. The van der Waals surface area contributed by atoms with E-state index in [-0.39, 0.29) is 12.1 Å². The molecule has 1 atom stereocenters. The molecule has 1 aliphatic rings. The molecule has 1 amide bonds. The number of hydrogen-bond acceptors (Lipinski definition) is 6. The molecular weight excluding hydrogens is 345 g/mol. The van der Waals surface area contributed by atoms with Crippen molar-refractivity contribution >= 4 is 19.5 Å². The number of rotatable bonds is 9. The molecule has 0 saturated heterocycles. The van der Waals surface area contributed by atoms with Crippen LogP contribution < -0.4 is 5.32 Å². The number of esters is 1. The van der Waals surface area contributed by atoms with Crippen LogP contribution in [-0.4, -0.2) is 39.2 Å². The first-order valence-corrected chi connectivity index (χ1v) is 9.81. The van der Waals surface area contributed by atoms with Crippen LogP contribution in [0, 0.1) is 5.92 Å². The quantitative estimate of drug-likeness (QED) is 0.532. The monoisotopic (exact) mass is 369 g/mol. The van der Waals surface area contributed by atoms with Gasteiger partial charge in [-0.2, -0.15) is 0 Å². The maximum atomic E-state index is 12.4. The number of nitrogens with one attached hydrogen (secondary N) is 1. The Labute approximate surface area is 147 Å². The SMILES string of the molecule is COC(=O)[C@@H](CC1CC1)NC(=O)c1ccc(CP(=O)(OC)OC)cc1. The third-order valence-electron chi connectivity index (χ3n) is 4.21. The Hall–Kier alpha value is -1.69. The van der Waals surface area contributed by atoms with Crippen LogP contribution in [0.15, 0.2) is 24.3 Å². The van der Waals surface area contributed by atoms with E-state index in [4.69, 9.17) is 13.8 Å². The topological polar surface area (TPSA) is 90.9 Å². The fourth-order valence-electron chi connectivity index (χ4n) is 2.47. The molecule has 8 heteroatoms. The van der Waals surface area contributed by atoms with Crippen LogP contribution in [0.3, 0.4) is 0 Å². The van der Waals surface area contributed by atoms with E-state index >= 15 is 0 Å². The minimum Gasteiger partial charge on any atom is -0.467 e. The Morgan fingerprint density at radius 1 is 1.16 bits per heavy atom. The Balaban J connectivity index is 2.01. The molecule has 1 aromatic carbocycles. The van der Waals surface area contributed by atoms with E-state index in [1.54, 1.807) is 24.3 Å². The number of amides is 1. The highest BCUT2D eigenvalue weighted by molar-refractivity contribution is 7.52. The van der Waals surface area contributed by atoms with E-state index in [1.807, 2.05) is 0 Å². The largest absolute Gasteiger partial charge is 0.467 e. The van der Waals surface area contributed by atoms with Gasteiger partial charge in [0.15, 0.2) is 0 Å². The second kappa shape index (κ2) is 8.61. The molecule has 0 unspecified atom stereocenters. The Morgan fingerprint density at radius 2 is 1.76 bits per heavy atom. The molecule has 1 aliphatic carbocycles. The lowest BCUT2D eigenvalue weighted by Gasteiger charge is -2.16. The molecule has 1 fully saturated rings. The molecule has 2 rings (SSSR count). The number of carbonyl (C=O) groups is 2. The zero-order chi connectivity index (χ0) is 18.4. The van der Waals surface area contributed by atoms with Gasteiger partial charge in [0, 0.05) is 19.8 Å². The summed E-state index contributed by atoms with van der Waals surface area (Å²) in [6.07, 6.45) is 2.88. The van der Waals surface area contributed by atoms with E-state index in [1.165, 1.54) is 21.3 Å². The first-order chi connectivity index (χ1) is 11.9. The van der Waals surface area contributed by atoms with Crippen molar-refractivity contribution in [3.63, 3.8) is 0 Å². The van der Waals surface area contributed by atoms with Crippen LogP contribution in [0.2, 0.25) is 0 Å². The Kier molecular flexibility index (Phi) is 6.76. The van der Waals surface area contributed by atoms with E-state index in [9.17, 15) is 14.2 Å². The molecule has 0 aliphatic heterocycles. The minimum absolute atomic E-state index is 0.119. The van der Waals surface area contributed by atoms with Crippen LogP contribution in [-0.2, 0) is 29.3 Å². The molecule has 0 radical (unpaired) electrons. The third-order valence-corrected chi connectivity index (χ3v) is 6.07. The molecule has 1 saturated carbocycles. The molecular formula is C17H24NO6P. The standard InChI is InChI=1S/C17H24NO6P/c1-22-17(20)15(10-12-4-5-12)18-16(19)14-8-6-13(7-9-14)11-25(21,23-2)24-3/h6-9,12,15H,4-5,10-11H2,1-3H3,(H,18,19)/t15-/m1/s1. The maximum absolute atomic E-state index is 12.4. The van der Waals surface area contributed by atoms with Gasteiger partial charge in [-0.1, -0.05) is 25.0 Å². The van der Waals surface area contributed by atoms with E-state index < -0.39 is 19.6 Å². The average molecular weight is 369 g/mol. The smallest absolute Gasteiger partial charge is 0.334 e. The van der Waals surface area contributed by atoms with E-state index in [0.717, 1.165) is 18.4 Å². The van der Waals surface area contributed by atoms with Gasteiger partial charge in [0.2, 0.25) is 0 Å².